The maximum Gasteiger partial charge on any atom is -0.000756 e. The second kappa shape index (κ2) is 15.3. The Bertz CT molecular complexity index is 2030. The summed E-state index contributed by atoms with van der Waals surface area (Å²) in [7, 11) is 0. The quantitative estimate of drug-likeness (QED) is 0.193. The highest BCUT2D eigenvalue weighted by Crippen LogP contribution is 2.48. The first kappa shape index (κ1) is 48.5. The van der Waals surface area contributed by atoms with Crippen molar-refractivity contribution in [3.63, 3.8) is 0 Å². The van der Waals surface area contributed by atoms with E-state index in [9.17, 15) is 0 Å². The van der Waals surface area contributed by atoms with Gasteiger partial charge < -0.3 is 0 Å². The van der Waals surface area contributed by atoms with E-state index < -0.39 is 0 Å². The second-order valence-corrected chi connectivity index (χ2v) is 26.7. The van der Waals surface area contributed by atoms with E-state index in [2.05, 4.69) is 229 Å². The molecule has 0 bridgehead atoms. The molecule has 0 atom stereocenters. The van der Waals surface area contributed by atoms with Crippen molar-refractivity contribution in [2.24, 2.45) is 0 Å². The third-order valence-electron chi connectivity index (χ3n) is 12.9. The predicted octanol–water partition coefficient (Wildman–Crippen LogP) is 17.6. The van der Waals surface area contributed by atoms with Crippen molar-refractivity contribution in [3.8, 4) is 22.3 Å². The molecular formula is C59H88. The van der Waals surface area contributed by atoms with Crippen LogP contribution in [0.1, 0.15) is 233 Å². The van der Waals surface area contributed by atoms with Gasteiger partial charge in [-0.3, -0.25) is 0 Å². The minimum absolute atomic E-state index is 0.00444. The highest BCUT2D eigenvalue weighted by Gasteiger charge is 2.33. The molecule has 0 heterocycles. The largest absolute Gasteiger partial charge is 0.0561 e. The van der Waals surface area contributed by atoms with Gasteiger partial charge >= 0.3 is 0 Å². The van der Waals surface area contributed by atoms with Gasteiger partial charge in [0.25, 0.3) is 0 Å². The van der Waals surface area contributed by atoms with E-state index in [-0.39, 0.29) is 43.3 Å². The van der Waals surface area contributed by atoms with Gasteiger partial charge in [0, 0.05) is 0 Å². The van der Waals surface area contributed by atoms with Gasteiger partial charge in [0.1, 0.15) is 0 Å². The lowest BCUT2D eigenvalue weighted by Gasteiger charge is -2.35. The Morgan fingerprint density at radius 1 is 0.254 bits per heavy atom. The lowest BCUT2D eigenvalue weighted by molar-refractivity contribution is 0.558. The topological polar surface area (TPSA) is 0 Å². The average Bonchev–Trinajstić information content (AvgIpc) is 3.00. The number of rotatable bonds is 4. The van der Waals surface area contributed by atoms with Crippen LogP contribution in [0.4, 0.5) is 0 Å². The van der Waals surface area contributed by atoms with E-state index >= 15 is 0 Å². The van der Waals surface area contributed by atoms with Gasteiger partial charge in [0.05, 0.1) is 0 Å². The molecule has 59 heavy (non-hydrogen) atoms. The average molecular weight is 797 g/mol. The fourth-order valence-electron chi connectivity index (χ4n) is 9.00. The third-order valence-corrected chi connectivity index (χ3v) is 12.9. The molecule has 0 nitrogen and oxygen atoms in total. The van der Waals surface area contributed by atoms with Crippen molar-refractivity contribution in [3.05, 3.63) is 115 Å². The van der Waals surface area contributed by atoms with Gasteiger partial charge in [-0.15, -0.1) is 0 Å². The molecule has 0 aliphatic carbocycles. The Morgan fingerprint density at radius 3 is 0.661 bits per heavy atom. The molecule has 0 aliphatic rings. The van der Waals surface area contributed by atoms with E-state index in [4.69, 9.17) is 0 Å². The Hall–Kier alpha value is -3.12. The van der Waals surface area contributed by atoms with Crippen molar-refractivity contribution < 1.29 is 0 Å². The molecule has 0 unspecified atom stereocenters. The van der Waals surface area contributed by atoms with Crippen molar-refractivity contribution >= 4 is 0 Å². The van der Waals surface area contributed by atoms with E-state index in [0.29, 0.717) is 0 Å². The summed E-state index contributed by atoms with van der Waals surface area (Å²) in [5, 5.41) is 0. The smallest absolute Gasteiger partial charge is 0.000756 e. The minimum atomic E-state index is -0.0807. The zero-order valence-electron chi connectivity index (χ0n) is 43.3. The van der Waals surface area contributed by atoms with Crippen LogP contribution in [0.5, 0.6) is 0 Å². The molecule has 0 aliphatic heterocycles. The van der Waals surface area contributed by atoms with Gasteiger partial charge in [0.2, 0.25) is 0 Å². The Balaban J connectivity index is 2.40. The van der Waals surface area contributed by atoms with Gasteiger partial charge in [0.15, 0.2) is 0 Å². The Kier molecular flexibility index (Phi) is 12.6. The van der Waals surface area contributed by atoms with Crippen LogP contribution in [0, 0.1) is 13.8 Å². The van der Waals surface area contributed by atoms with Crippen LogP contribution >= 0.6 is 0 Å². The summed E-state index contributed by atoms with van der Waals surface area (Å²) in [4.78, 5) is 0. The molecular weight excluding hydrogens is 709 g/mol. The maximum absolute atomic E-state index is 2.59. The molecule has 4 aromatic rings. The molecule has 324 valence electrons. The molecule has 0 spiro atoms. The summed E-state index contributed by atoms with van der Waals surface area (Å²) in [6.07, 6.45) is 0.854. The first-order chi connectivity index (χ1) is 26.1. The Labute approximate surface area is 365 Å². The monoisotopic (exact) mass is 797 g/mol. The third kappa shape index (κ3) is 10.5. The fourth-order valence-corrected chi connectivity index (χ4v) is 9.00. The lowest BCUT2D eigenvalue weighted by atomic mass is 9.69. The van der Waals surface area contributed by atoms with Crippen molar-refractivity contribution in [1.82, 2.24) is 0 Å². The molecule has 4 aromatic carbocycles. The molecule has 4 rings (SSSR count). The van der Waals surface area contributed by atoms with Crippen molar-refractivity contribution in [2.45, 2.75) is 230 Å². The molecule has 0 amide bonds. The highest BCUT2D eigenvalue weighted by molar-refractivity contribution is 5.80. The van der Waals surface area contributed by atoms with Crippen LogP contribution in [-0.4, -0.2) is 0 Å². The van der Waals surface area contributed by atoms with Crippen LogP contribution in [-0.2, 0) is 49.7 Å². The molecule has 0 saturated heterocycles. The van der Waals surface area contributed by atoms with E-state index in [1.165, 1.54) is 89.0 Å². The molecule has 0 heteroatoms. The molecule has 0 radical (unpaired) electrons. The van der Waals surface area contributed by atoms with Crippen LogP contribution in [0.25, 0.3) is 22.3 Å². The first-order valence-electron chi connectivity index (χ1n) is 22.8. The predicted molar refractivity (Wildman–Crippen MR) is 266 cm³/mol. The zero-order valence-corrected chi connectivity index (χ0v) is 43.3. The van der Waals surface area contributed by atoms with Gasteiger partial charge in [-0.2, -0.15) is 0 Å². The normalized spacial score (nSPS) is 14.0. The van der Waals surface area contributed by atoms with Gasteiger partial charge in [-0.05, 0) is 153 Å². The summed E-state index contributed by atoms with van der Waals surface area (Å²) in [6, 6.07) is 20.5. The number of hydrogen-bond acceptors (Lipinski definition) is 0. The van der Waals surface area contributed by atoms with Crippen LogP contribution in [0.15, 0.2) is 48.5 Å². The van der Waals surface area contributed by atoms with Crippen molar-refractivity contribution in [2.75, 3.05) is 0 Å². The molecule has 0 aromatic heterocycles. The zero-order chi connectivity index (χ0) is 45.6. The van der Waals surface area contributed by atoms with Gasteiger partial charge in [-0.1, -0.05) is 215 Å². The van der Waals surface area contributed by atoms with Crippen LogP contribution < -0.4 is 0 Å². The summed E-state index contributed by atoms with van der Waals surface area (Å²) >= 11 is 0. The van der Waals surface area contributed by atoms with E-state index in [1.54, 1.807) is 0 Å². The number of benzene rings is 4. The maximum atomic E-state index is 2.59. The summed E-state index contributed by atoms with van der Waals surface area (Å²) in [5.41, 5.74) is 22.6. The van der Waals surface area contributed by atoms with Crippen LogP contribution in [0.2, 0.25) is 0 Å². The molecule has 0 fully saturated rings. The van der Waals surface area contributed by atoms with Crippen LogP contribution in [0.3, 0.4) is 0 Å². The van der Waals surface area contributed by atoms with Gasteiger partial charge in [-0.25, -0.2) is 0 Å². The highest BCUT2D eigenvalue weighted by atomic mass is 14.4. The summed E-state index contributed by atoms with van der Waals surface area (Å²) in [6.45, 7) is 62.3. The Morgan fingerprint density at radius 2 is 0.458 bits per heavy atom. The molecule has 0 saturated carbocycles. The minimum Gasteiger partial charge on any atom is -0.0561 e. The summed E-state index contributed by atoms with van der Waals surface area (Å²) in [5.74, 6) is 0. The fraction of sp³-hybridized carbons (Fsp3) is 0.593. The molecule has 0 N–H and O–H groups in total. The van der Waals surface area contributed by atoms with E-state index in [1.807, 2.05) is 0 Å². The standard InChI is InChI=1S/C59H88/c1-36-42(27-38(52(3,4)5)31-48(36)56(15,16)17)44-29-40(54(9,10)11)33-50(58(21,22)23)46(44)35-47-45(30-41(55(12,13)14)34-51(47)59(24,25)26)43-28-39(53(6,7)8)32-49(37(43)2)57(18,19)20/h27-34H,35H2,1-26H3. The van der Waals surface area contributed by atoms with Crippen molar-refractivity contribution in [1.29, 1.82) is 0 Å². The lowest BCUT2D eigenvalue weighted by Crippen LogP contribution is -2.23. The van der Waals surface area contributed by atoms with E-state index in [0.717, 1.165) is 6.42 Å². The number of hydrogen-bond donors (Lipinski definition) is 0. The first-order valence-corrected chi connectivity index (χ1v) is 22.8. The SMILES string of the molecule is Cc1c(-c2cc(C(C)(C)C)cc(C(C)(C)C)c2Cc2c(-c3cc(C(C)(C)C)cc(C(C)(C)C)c3C)cc(C(C)(C)C)cc2C(C)(C)C)cc(C(C)(C)C)cc1C(C)(C)C. The summed E-state index contributed by atoms with van der Waals surface area (Å²) < 4.78 is 0. The second-order valence-electron chi connectivity index (χ2n) is 26.7.